The molecule has 0 saturated heterocycles. The van der Waals surface area contributed by atoms with Gasteiger partial charge in [-0.25, -0.2) is 0 Å². The van der Waals surface area contributed by atoms with Crippen LogP contribution in [0.5, 0.6) is 0 Å². The van der Waals surface area contributed by atoms with E-state index >= 15 is 0 Å². The average molecular weight is 1400 g/mol. The number of hydrogen-bond acceptors (Lipinski definition) is 10. The van der Waals surface area contributed by atoms with E-state index in [1.54, 1.807) is 0 Å². The van der Waals surface area contributed by atoms with Crippen LogP contribution in [0, 0.1) is 13.8 Å². The van der Waals surface area contributed by atoms with Gasteiger partial charge in [0.15, 0.2) is 0 Å². The van der Waals surface area contributed by atoms with Crippen molar-refractivity contribution < 1.29 is 78.9 Å². The summed E-state index contributed by atoms with van der Waals surface area (Å²) in [5.74, 6) is 3.46. The molecule has 14 heteroatoms. The molecule has 0 aliphatic heterocycles. The molecule has 0 aliphatic carbocycles. The normalized spacial score (nSPS) is 12.2. The molecule has 12 nitrogen and oxygen atoms in total. The molecule has 0 atom stereocenters. The number of para-hydroxylation sites is 4. The number of rotatable bonds is 33. The van der Waals surface area contributed by atoms with Crippen LogP contribution in [0.25, 0.3) is 0 Å². The van der Waals surface area contributed by atoms with Gasteiger partial charge in [-0.3, -0.25) is 20.0 Å². The van der Waals surface area contributed by atoms with Crippen LogP contribution in [0.1, 0.15) is 256 Å². The summed E-state index contributed by atoms with van der Waals surface area (Å²) in [6.07, 6.45) is 2.09. The Bertz CT molecular complexity index is 2330. The Hall–Kier alpha value is -4.34. The van der Waals surface area contributed by atoms with Gasteiger partial charge >= 0.3 is 11.9 Å². The number of nitrogens with zero attached hydrogens (tertiary/aromatic N) is 4. The fourth-order valence-electron chi connectivity index (χ4n) is 9.20. The maximum atomic E-state index is 9.23. The molecule has 0 radical (unpaired) electrons. The van der Waals surface area contributed by atoms with E-state index in [9.17, 15) is 9.59 Å². The van der Waals surface area contributed by atoms with Gasteiger partial charge in [0, 0.05) is 40.8 Å². The number of aliphatic imine (C=N–C) groups is 4. The molecule has 4 aromatic rings. The summed E-state index contributed by atoms with van der Waals surface area (Å²) in [4.78, 5) is 39.0. The fourth-order valence-corrected chi connectivity index (χ4v) is 9.20. The third-order valence-electron chi connectivity index (χ3n) is 14.4. The summed E-state index contributed by atoms with van der Waals surface area (Å²) in [7, 11) is 0. The van der Waals surface area contributed by atoms with Gasteiger partial charge in [0.1, 0.15) is 13.2 Å². The van der Waals surface area contributed by atoms with Gasteiger partial charge in [0.25, 0.3) is 0 Å². The van der Waals surface area contributed by atoms with Crippen molar-refractivity contribution in [1.82, 2.24) is 0 Å². The molecule has 0 spiro atoms. The number of benzene rings is 4. The van der Waals surface area contributed by atoms with E-state index < -0.39 is 0 Å². The maximum Gasteiger partial charge on any atom is 0.479 e. The SMILES string of the molecule is CC(=Nc1c(C(C)C)cccc1C(C)C)C(C)=Nc1c(C(C)C)cccc1C(C)C.CC(=Nc1c(C(C)C)cccc1C(C)C)C(C)=Nc1c(C(C)C)cccc1C(C)C.[CH2-]CCC(=[OH+])OCCOCCOCCOCCOCCOC(=[OH+])CC[CH2-].[Pd].[Pd]. The Labute approximate surface area is 561 Å². The Balaban J connectivity index is 0.00000128. The van der Waals surface area contributed by atoms with Crippen LogP contribution in [0.2, 0.25) is 0 Å². The summed E-state index contributed by atoms with van der Waals surface area (Å²) in [6.45, 7) is 55.7. The predicted octanol–water partition coefficient (Wildman–Crippen LogP) is 19.4. The number of hydrogen-bond donors (Lipinski definition) is 0. The van der Waals surface area contributed by atoms with Crippen molar-refractivity contribution in [2.75, 3.05) is 66.1 Å². The predicted molar refractivity (Wildman–Crippen MR) is 368 cm³/mol. The maximum absolute atomic E-state index is 9.23. The smallest absolute Gasteiger partial charge is 0.377 e. The number of esters is 2. The molecule has 498 valence electrons. The topological polar surface area (TPSA) is 148 Å². The molecular formula is C74H114N4O8Pd2. The van der Waals surface area contributed by atoms with Crippen molar-refractivity contribution in [3.8, 4) is 0 Å². The molecule has 0 bridgehead atoms. The Morgan fingerprint density at radius 3 is 0.625 bits per heavy atom. The molecular weight excluding hydrogens is 1290 g/mol. The third-order valence-corrected chi connectivity index (χ3v) is 14.4. The van der Waals surface area contributed by atoms with E-state index in [0.29, 0.717) is 139 Å². The second-order valence-electron chi connectivity index (χ2n) is 24.3. The summed E-state index contributed by atoms with van der Waals surface area (Å²) in [5, 5.41) is 0. The van der Waals surface area contributed by atoms with E-state index in [1.165, 1.54) is 44.5 Å². The van der Waals surface area contributed by atoms with E-state index in [2.05, 4.69) is 225 Å². The summed E-state index contributed by atoms with van der Waals surface area (Å²) >= 11 is 0. The fraction of sp³-hybridized carbons (Fsp3) is 0.568. The molecule has 88 heavy (non-hydrogen) atoms. The second kappa shape index (κ2) is 45.8. The van der Waals surface area contributed by atoms with E-state index in [1.807, 2.05) is 0 Å². The molecule has 0 fully saturated rings. The summed E-state index contributed by atoms with van der Waals surface area (Å²) < 4.78 is 31.3. The van der Waals surface area contributed by atoms with Crippen LogP contribution in [0.3, 0.4) is 0 Å². The average Bonchev–Trinajstić information content (AvgIpc) is 2.88. The van der Waals surface area contributed by atoms with E-state index in [4.69, 9.17) is 48.4 Å². The van der Waals surface area contributed by atoms with Crippen LogP contribution in [-0.2, 0) is 69.3 Å². The summed E-state index contributed by atoms with van der Waals surface area (Å²) in [5.41, 5.74) is 18.9. The number of carbonyl (C=O) groups excluding carboxylic acids is 2. The Kier molecular flexibility index (Phi) is 43.6. The van der Waals surface area contributed by atoms with Crippen molar-refractivity contribution in [2.24, 2.45) is 20.0 Å². The van der Waals surface area contributed by atoms with Gasteiger partial charge in [0.05, 0.1) is 98.1 Å². The van der Waals surface area contributed by atoms with Crippen LogP contribution in [0.4, 0.5) is 22.7 Å². The van der Waals surface area contributed by atoms with Gasteiger partial charge in [-0.15, -0.1) is 0 Å². The molecule has 0 saturated carbocycles. The van der Waals surface area contributed by atoms with Gasteiger partial charge in [0.2, 0.25) is 13.2 Å². The van der Waals surface area contributed by atoms with Gasteiger partial charge in [-0.05, 0) is 120 Å². The van der Waals surface area contributed by atoms with E-state index in [0.717, 1.165) is 45.6 Å². The van der Waals surface area contributed by atoms with E-state index in [-0.39, 0.29) is 52.8 Å². The molecule has 4 aromatic carbocycles. The first-order chi connectivity index (χ1) is 40.8. The van der Waals surface area contributed by atoms with Gasteiger partial charge < -0.3 is 51.9 Å². The van der Waals surface area contributed by atoms with Crippen LogP contribution in [0.15, 0.2) is 92.8 Å². The quantitative estimate of drug-likeness (QED) is 0.0116. The molecule has 0 aromatic heterocycles. The Morgan fingerprint density at radius 2 is 0.477 bits per heavy atom. The zero-order valence-corrected chi connectivity index (χ0v) is 60.7. The molecule has 4 rings (SSSR count). The molecule has 0 unspecified atom stereocenters. The third kappa shape index (κ3) is 30.2. The first kappa shape index (κ1) is 83.7. The minimum Gasteiger partial charge on any atom is -0.377 e. The molecule has 2 N–H and O–H groups in total. The zero-order valence-electron chi connectivity index (χ0n) is 57.6. The summed E-state index contributed by atoms with van der Waals surface area (Å²) in [6, 6.07) is 26.3. The monoisotopic (exact) mass is 1400 g/mol. The zero-order chi connectivity index (χ0) is 64.5. The van der Waals surface area contributed by atoms with Crippen LogP contribution < -0.4 is 0 Å². The van der Waals surface area contributed by atoms with Crippen molar-refractivity contribution >= 4 is 57.5 Å². The van der Waals surface area contributed by atoms with Gasteiger partial charge in [-0.1, -0.05) is 184 Å². The first-order valence-corrected chi connectivity index (χ1v) is 31.8. The van der Waals surface area contributed by atoms with Crippen molar-refractivity contribution in [1.29, 1.82) is 0 Å². The molecule has 0 heterocycles. The minimum absolute atomic E-state index is 0. The standard InChI is InChI=1S/2C28H40N2.C18H32O8.2Pd/c2*1-17(2)23-13-11-14-24(18(3)4)27(23)29-21(9)22(10)30-28-25(19(5)6)15-12-16-26(28)20(7)8;1-3-5-17(19)25-15-13-23-11-9-21-7-8-22-10-12-24-14-16-26-18(20)6-4-2;;/h2*11-20H,1-10H3;1-16H2;;/q;;-2;;/p+2. The van der Waals surface area contributed by atoms with Crippen molar-refractivity contribution in [2.45, 2.75) is 212 Å². The van der Waals surface area contributed by atoms with Crippen LogP contribution >= 0.6 is 0 Å². The second-order valence-corrected chi connectivity index (χ2v) is 24.3. The molecule has 0 amide bonds. The molecule has 0 aliphatic rings. The Morgan fingerprint density at radius 1 is 0.318 bits per heavy atom. The van der Waals surface area contributed by atoms with Crippen LogP contribution in [-0.4, -0.2) is 110 Å². The first-order valence-electron chi connectivity index (χ1n) is 31.8. The largest absolute Gasteiger partial charge is 0.479 e. The van der Waals surface area contributed by atoms with Crippen molar-refractivity contribution in [3.05, 3.63) is 131 Å². The number of ether oxygens (including phenoxy) is 6. The van der Waals surface area contributed by atoms with Gasteiger partial charge in [-0.2, -0.15) is 12.8 Å². The van der Waals surface area contributed by atoms with Crippen molar-refractivity contribution in [3.63, 3.8) is 0 Å². The minimum atomic E-state index is -0.000899.